The average molecular weight is 273 g/mol. The number of nitrogens with one attached hydrogen (secondary N) is 1. The fourth-order valence-electron chi connectivity index (χ4n) is 1.06. The zero-order valence-electron chi connectivity index (χ0n) is 10.7. The number of aromatic nitrogens is 2. The van der Waals surface area contributed by atoms with Crippen LogP contribution in [0.2, 0.25) is 0 Å². The molecule has 1 N–H and O–H groups in total. The van der Waals surface area contributed by atoms with Crippen molar-refractivity contribution < 1.29 is 4.79 Å². The van der Waals surface area contributed by atoms with E-state index >= 15 is 0 Å². The van der Waals surface area contributed by atoms with Crippen LogP contribution in [-0.2, 0) is 11.2 Å². The molecule has 0 aliphatic heterocycles. The third kappa shape index (κ3) is 6.02. The molecule has 1 amide bonds. The second-order valence-corrected chi connectivity index (χ2v) is 7.56. The van der Waals surface area contributed by atoms with Crippen molar-refractivity contribution in [2.75, 3.05) is 11.1 Å². The maximum atomic E-state index is 11.6. The summed E-state index contributed by atoms with van der Waals surface area (Å²) in [6, 6.07) is 0. The number of hydrogen-bond acceptors (Lipinski definition) is 5. The van der Waals surface area contributed by atoms with Gasteiger partial charge in [-0.2, -0.15) is 0 Å². The topological polar surface area (TPSA) is 54.9 Å². The smallest absolute Gasteiger partial charge is 0.236 e. The number of rotatable bonds is 5. The second kappa shape index (κ2) is 6.35. The van der Waals surface area contributed by atoms with Crippen LogP contribution in [0, 0.1) is 0 Å². The SMILES string of the molecule is CCCc1nnc(NC(=O)CSC(C)(C)C)s1. The summed E-state index contributed by atoms with van der Waals surface area (Å²) in [5.74, 6) is 0.441. The van der Waals surface area contributed by atoms with Gasteiger partial charge in [-0.05, 0) is 6.42 Å². The van der Waals surface area contributed by atoms with E-state index in [0.29, 0.717) is 10.9 Å². The van der Waals surface area contributed by atoms with E-state index in [1.54, 1.807) is 11.8 Å². The number of hydrogen-bond donors (Lipinski definition) is 1. The van der Waals surface area contributed by atoms with Gasteiger partial charge in [0.1, 0.15) is 5.01 Å². The maximum Gasteiger partial charge on any atom is 0.236 e. The fraction of sp³-hybridized carbons (Fsp3) is 0.727. The Morgan fingerprint density at radius 1 is 1.41 bits per heavy atom. The van der Waals surface area contributed by atoms with Gasteiger partial charge in [-0.1, -0.05) is 39.0 Å². The van der Waals surface area contributed by atoms with Crippen molar-refractivity contribution in [2.24, 2.45) is 0 Å². The molecule has 0 saturated carbocycles. The Bertz CT molecular complexity index is 371. The molecule has 0 aromatic carbocycles. The van der Waals surface area contributed by atoms with Crippen LogP contribution in [0.5, 0.6) is 0 Å². The lowest BCUT2D eigenvalue weighted by molar-refractivity contribution is -0.113. The summed E-state index contributed by atoms with van der Waals surface area (Å²) in [6.45, 7) is 8.37. The predicted molar refractivity (Wildman–Crippen MR) is 74.7 cm³/mol. The minimum Gasteiger partial charge on any atom is -0.300 e. The fourth-order valence-corrected chi connectivity index (χ4v) is 2.55. The highest BCUT2D eigenvalue weighted by molar-refractivity contribution is 8.01. The number of thioether (sulfide) groups is 1. The molecule has 96 valence electrons. The van der Waals surface area contributed by atoms with Gasteiger partial charge in [-0.15, -0.1) is 22.0 Å². The number of amides is 1. The van der Waals surface area contributed by atoms with Gasteiger partial charge in [0.15, 0.2) is 0 Å². The van der Waals surface area contributed by atoms with Crippen molar-refractivity contribution >= 4 is 34.1 Å². The van der Waals surface area contributed by atoms with Gasteiger partial charge in [-0.25, -0.2) is 0 Å². The Labute approximate surface area is 111 Å². The summed E-state index contributed by atoms with van der Waals surface area (Å²) in [7, 11) is 0. The molecule has 17 heavy (non-hydrogen) atoms. The molecule has 6 heteroatoms. The number of aryl methyl sites for hydroxylation is 1. The van der Waals surface area contributed by atoms with Gasteiger partial charge < -0.3 is 0 Å². The Hall–Kier alpha value is -0.620. The van der Waals surface area contributed by atoms with E-state index in [2.05, 4.69) is 43.2 Å². The van der Waals surface area contributed by atoms with Crippen LogP contribution in [-0.4, -0.2) is 26.6 Å². The van der Waals surface area contributed by atoms with Gasteiger partial charge >= 0.3 is 0 Å². The molecule has 0 atom stereocenters. The molecule has 1 aromatic heterocycles. The standard InChI is InChI=1S/C11H19N3OS2/c1-5-6-9-13-14-10(17-9)12-8(15)7-16-11(2,3)4/h5-7H2,1-4H3,(H,12,14,15). The summed E-state index contributed by atoms with van der Waals surface area (Å²) in [4.78, 5) is 11.6. The van der Waals surface area contributed by atoms with E-state index in [-0.39, 0.29) is 10.7 Å². The third-order valence-electron chi connectivity index (χ3n) is 1.81. The van der Waals surface area contributed by atoms with Crippen LogP contribution in [0.1, 0.15) is 39.1 Å². The van der Waals surface area contributed by atoms with Crippen LogP contribution in [0.25, 0.3) is 0 Å². The van der Waals surface area contributed by atoms with Gasteiger partial charge in [-0.3, -0.25) is 10.1 Å². The van der Waals surface area contributed by atoms with E-state index in [4.69, 9.17) is 0 Å². The highest BCUT2D eigenvalue weighted by Crippen LogP contribution is 2.23. The summed E-state index contributed by atoms with van der Waals surface area (Å²) in [5.41, 5.74) is 0. The molecule has 0 fully saturated rings. The Kier molecular flexibility index (Phi) is 5.39. The predicted octanol–water partition coefficient (Wildman–Crippen LogP) is 2.96. The minimum atomic E-state index is -0.0101. The van der Waals surface area contributed by atoms with E-state index in [0.717, 1.165) is 17.8 Å². The summed E-state index contributed by atoms with van der Waals surface area (Å²) < 4.78 is 0.103. The first kappa shape index (κ1) is 14.4. The molecule has 0 radical (unpaired) electrons. The molecular formula is C11H19N3OS2. The second-order valence-electron chi connectivity index (χ2n) is 4.70. The molecule has 4 nitrogen and oxygen atoms in total. The zero-order valence-corrected chi connectivity index (χ0v) is 12.4. The van der Waals surface area contributed by atoms with Crippen molar-refractivity contribution in [2.45, 2.75) is 45.3 Å². The van der Waals surface area contributed by atoms with Crippen molar-refractivity contribution in [3.63, 3.8) is 0 Å². The molecule has 0 aliphatic rings. The maximum absolute atomic E-state index is 11.6. The monoisotopic (exact) mass is 273 g/mol. The summed E-state index contributed by atoms with van der Waals surface area (Å²) in [5, 5.41) is 12.3. The Morgan fingerprint density at radius 2 is 2.12 bits per heavy atom. The third-order valence-corrected chi connectivity index (χ3v) is 3.98. The number of nitrogens with zero attached hydrogens (tertiary/aromatic N) is 2. The van der Waals surface area contributed by atoms with Crippen LogP contribution < -0.4 is 5.32 Å². The molecule has 0 aliphatic carbocycles. The lowest BCUT2D eigenvalue weighted by Crippen LogP contribution is -2.18. The van der Waals surface area contributed by atoms with E-state index < -0.39 is 0 Å². The van der Waals surface area contributed by atoms with Crippen LogP contribution in [0.4, 0.5) is 5.13 Å². The van der Waals surface area contributed by atoms with Gasteiger partial charge in [0.2, 0.25) is 11.0 Å². The lowest BCUT2D eigenvalue weighted by Gasteiger charge is -2.16. The quantitative estimate of drug-likeness (QED) is 0.896. The Morgan fingerprint density at radius 3 is 2.71 bits per heavy atom. The molecular weight excluding hydrogens is 254 g/mol. The largest absolute Gasteiger partial charge is 0.300 e. The Balaban J connectivity index is 2.39. The number of carbonyl (C=O) groups excluding carboxylic acids is 1. The minimum absolute atomic E-state index is 0.0101. The summed E-state index contributed by atoms with van der Waals surface area (Å²) >= 11 is 3.08. The number of anilines is 1. The van der Waals surface area contributed by atoms with E-state index in [9.17, 15) is 4.79 Å². The molecule has 1 heterocycles. The highest BCUT2D eigenvalue weighted by atomic mass is 32.2. The van der Waals surface area contributed by atoms with Crippen molar-refractivity contribution in [1.29, 1.82) is 0 Å². The lowest BCUT2D eigenvalue weighted by atomic mass is 10.3. The highest BCUT2D eigenvalue weighted by Gasteiger charge is 2.14. The van der Waals surface area contributed by atoms with Crippen molar-refractivity contribution in [1.82, 2.24) is 10.2 Å². The van der Waals surface area contributed by atoms with Gasteiger partial charge in [0.05, 0.1) is 5.75 Å². The van der Waals surface area contributed by atoms with Crippen LogP contribution >= 0.6 is 23.1 Å². The molecule has 0 saturated heterocycles. The van der Waals surface area contributed by atoms with Crippen molar-refractivity contribution in [3.8, 4) is 0 Å². The molecule has 1 aromatic rings. The first-order valence-corrected chi connectivity index (χ1v) is 7.47. The first-order valence-electron chi connectivity index (χ1n) is 5.67. The van der Waals surface area contributed by atoms with Crippen molar-refractivity contribution in [3.05, 3.63) is 5.01 Å². The van der Waals surface area contributed by atoms with Crippen LogP contribution in [0.3, 0.4) is 0 Å². The normalized spacial score (nSPS) is 11.5. The zero-order chi connectivity index (χ0) is 12.9. The first-order chi connectivity index (χ1) is 7.90. The molecule has 0 spiro atoms. The average Bonchev–Trinajstić information content (AvgIpc) is 2.62. The number of carbonyl (C=O) groups is 1. The van der Waals surface area contributed by atoms with E-state index in [1.165, 1.54) is 11.3 Å². The van der Waals surface area contributed by atoms with Gasteiger partial charge in [0.25, 0.3) is 0 Å². The van der Waals surface area contributed by atoms with Gasteiger partial charge in [0, 0.05) is 11.2 Å². The molecule has 1 rings (SSSR count). The van der Waals surface area contributed by atoms with Crippen LogP contribution in [0.15, 0.2) is 0 Å². The van der Waals surface area contributed by atoms with E-state index in [1.807, 2.05) is 0 Å². The molecule has 0 unspecified atom stereocenters. The molecule has 0 bridgehead atoms. The summed E-state index contributed by atoms with van der Waals surface area (Å²) in [6.07, 6.45) is 1.97.